The molecular formula is C22H30N7O7P. The van der Waals surface area contributed by atoms with Gasteiger partial charge in [0.15, 0.2) is 11.2 Å². The molecule has 3 aromatic rings. The molecule has 1 unspecified atom stereocenters. The Bertz CT molecular complexity index is 1330. The van der Waals surface area contributed by atoms with Crippen molar-refractivity contribution in [3.05, 3.63) is 47.0 Å². The Morgan fingerprint density at radius 2 is 1.84 bits per heavy atom. The number of hydrogen-bond donors (Lipinski definition) is 4. The van der Waals surface area contributed by atoms with Crippen molar-refractivity contribution in [2.45, 2.75) is 39.4 Å². The van der Waals surface area contributed by atoms with E-state index < -0.39 is 37.0 Å². The molecule has 0 saturated heterocycles. The molecule has 14 nitrogen and oxygen atoms in total. The molecule has 0 bridgehead atoms. The highest BCUT2D eigenvalue weighted by atomic mass is 31.2. The van der Waals surface area contributed by atoms with Crippen LogP contribution >= 0.6 is 7.44 Å². The Labute approximate surface area is 212 Å². The number of rotatable bonds is 13. The van der Waals surface area contributed by atoms with Crippen LogP contribution < -0.4 is 26.2 Å². The lowest BCUT2D eigenvalue weighted by molar-refractivity contribution is -0.144. The summed E-state index contributed by atoms with van der Waals surface area (Å²) >= 11 is 0. The number of nitrogens with one attached hydrogen (secondary N) is 3. The van der Waals surface area contributed by atoms with E-state index in [9.17, 15) is 18.9 Å². The molecule has 1 aromatic carbocycles. The minimum absolute atomic E-state index is 0.0455. The monoisotopic (exact) mass is 535 g/mol. The zero-order valence-corrected chi connectivity index (χ0v) is 21.6. The van der Waals surface area contributed by atoms with Gasteiger partial charge in [0.2, 0.25) is 13.4 Å². The average molecular weight is 535 g/mol. The van der Waals surface area contributed by atoms with Crippen LogP contribution in [0.5, 0.6) is 5.75 Å². The van der Waals surface area contributed by atoms with Gasteiger partial charge in [-0.3, -0.25) is 19.1 Å². The Morgan fingerprint density at radius 1 is 1.16 bits per heavy atom. The second kappa shape index (κ2) is 12.6. The van der Waals surface area contributed by atoms with Crippen LogP contribution in [-0.2, 0) is 30.2 Å². The van der Waals surface area contributed by atoms with Crippen molar-refractivity contribution in [2.75, 3.05) is 25.3 Å². The van der Waals surface area contributed by atoms with E-state index in [1.54, 1.807) is 41.8 Å². The number of anilines is 1. The Morgan fingerprint density at radius 3 is 2.51 bits per heavy atom. The SMILES string of the molecule is CCOC(=O)[C@@H](C)NP(=O)(COCCn1cnc2c(=O)[nH]c(N)nc21)N[C@@H](C)C(=O)Oc1ccccc1. The highest BCUT2D eigenvalue weighted by Crippen LogP contribution is 2.37. The van der Waals surface area contributed by atoms with Gasteiger partial charge >= 0.3 is 11.9 Å². The maximum atomic E-state index is 13.7. The molecule has 0 aliphatic carbocycles. The summed E-state index contributed by atoms with van der Waals surface area (Å²) in [6, 6.07) is 6.48. The van der Waals surface area contributed by atoms with Crippen molar-refractivity contribution >= 4 is 36.5 Å². The normalized spacial score (nSPS) is 14.6. The third-order valence-electron chi connectivity index (χ3n) is 5.00. The predicted molar refractivity (Wildman–Crippen MR) is 135 cm³/mol. The predicted octanol–water partition coefficient (Wildman–Crippen LogP) is 0.994. The van der Waals surface area contributed by atoms with Gasteiger partial charge in [-0.2, -0.15) is 4.98 Å². The zero-order valence-electron chi connectivity index (χ0n) is 20.7. The van der Waals surface area contributed by atoms with Crippen LogP contribution in [0, 0.1) is 0 Å². The molecule has 3 atom stereocenters. The first-order valence-electron chi connectivity index (χ1n) is 11.5. The Kier molecular flexibility index (Phi) is 9.53. The number of carbonyl (C=O) groups is 2. The van der Waals surface area contributed by atoms with Crippen molar-refractivity contribution in [3.63, 3.8) is 0 Å². The fourth-order valence-corrected chi connectivity index (χ4v) is 5.37. The molecule has 2 heterocycles. The van der Waals surface area contributed by atoms with Gasteiger partial charge < -0.3 is 24.5 Å². The smallest absolute Gasteiger partial charge is 0.328 e. The molecule has 0 aliphatic rings. The van der Waals surface area contributed by atoms with Gasteiger partial charge in [-0.05, 0) is 32.9 Å². The van der Waals surface area contributed by atoms with E-state index in [4.69, 9.17) is 19.9 Å². The Hall–Kier alpha value is -3.58. The number of esters is 2. The number of para-hydroxylation sites is 1. The second-order valence-corrected chi connectivity index (χ2v) is 10.3. The van der Waals surface area contributed by atoms with Crippen LogP contribution in [0.1, 0.15) is 20.8 Å². The van der Waals surface area contributed by atoms with Crippen LogP contribution in [0.3, 0.4) is 0 Å². The number of aromatic amines is 1. The van der Waals surface area contributed by atoms with Crippen LogP contribution in [-0.4, -0.2) is 63.1 Å². The highest BCUT2D eigenvalue weighted by Gasteiger charge is 2.32. The van der Waals surface area contributed by atoms with Crippen molar-refractivity contribution in [1.82, 2.24) is 29.7 Å². The first-order chi connectivity index (χ1) is 17.6. The van der Waals surface area contributed by atoms with Crippen LogP contribution in [0.15, 0.2) is 41.5 Å². The summed E-state index contributed by atoms with van der Waals surface area (Å²) in [5.41, 5.74) is 5.54. The molecule has 0 saturated carbocycles. The molecular weight excluding hydrogens is 505 g/mol. The van der Waals surface area contributed by atoms with Gasteiger partial charge in [0.05, 0.1) is 19.5 Å². The number of imidazole rings is 1. The number of nitrogens with two attached hydrogens (primary N) is 1. The minimum Gasteiger partial charge on any atom is -0.465 e. The summed E-state index contributed by atoms with van der Waals surface area (Å²) in [7, 11) is -3.68. The standard InChI is InChI=1S/C22H30N7O7P/c1-4-35-20(31)14(2)27-37(33,28-15(3)21(32)36-16-8-6-5-7-9-16)13-34-11-10-29-12-24-17-18(29)25-22(23)26-19(17)30/h5-9,12,14-15H,4,10-11,13H2,1-3H3,(H2,27,28,33)(H3,23,25,26,30)/t14-,15+,37?/m1/s1. The van der Waals surface area contributed by atoms with Gasteiger partial charge in [-0.15, -0.1) is 0 Å². The molecule has 0 amide bonds. The lowest BCUT2D eigenvalue weighted by atomic mass is 10.3. The zero-order chi connectivity index (χ0) is 27.0. The van der Waals surface area contributed by atoms with E-state index in [1.165, 1.54) is 20.2 Å². The lowest BCUT2D eigenvalue weighted by Gasteiger charge is -2.26. The van der Waals surface area contributed by atoms with Gasteiger partial charge in [-0.25, -0.2) is 20.0 Å². The summed E-state index contributed by atoms with van der Waals surface area (Å²) < 4.78 is 31.2. The third-order valence-corrected chi connectivity index (χ3v) is 7.16. The molecule has 0 radical (unpaired) electrons. The number of H-pyrrole nitrogens is 1. The molecule has 2 aromatic heterocycles. The molecule has 0 spiro atoms. The van der Waals surface area contributed by atoms with E-state index in [0.717, 1.165) is 0 Å². The first-order valence-corrected chi connectivity index (χ1v) is 13.4. The number of hydrogen-bond acceptors (Lipinski definition) is 10. The van der Waals surface area contributed by atoms with Gasteiger partial charge in [0, 0.05) is 6.54 Å². The van der Waals surface area contributed by atoms with E-state index >= 15 is 0 Å². The van der Waals surface area contributed by atoms with Crippen molar-refractivity contribution in [3.8, 4) is 5.75 Å². The van der Waals surface area contributed by atoms with Crippen molar-refractivity contribution in [2.24, 2.45) is 0 Å². The number of benzene rings is 1. The maximum absolute atomic E-state index is 13.7. The fraction of sp³-hybridized carbons (Fsp3) is 0.409. The largest absolute Gasteiger partial charge is 0.465 e. The molecule has 3 rings (SSSR count). The van der Waals surface area contributed by atoms with Crippen LogP contribution in [0.2, 0.25) is 0 Å². The number of nitrogen functional groups attached to an aromatic ring is 1. The summed E-state index contributed by atoms with van der Waals surface area (Å²) in [6.45, 7) is 5.04. The maximum Gasteiger partial charge on any atom is 0.328 e. The van der Waals surface area contributed by atoms with Gasteiger partial charge in [-0.1, -0.05) is 18.2 Å². The number of aromatic nitrogens is 4. The number of fused-ring (bicyclic) bond motifs is 1. The number of nitrogens with zero attached hydrogens (tertiary/aromatic N) is 3. The van der Waals surface area contributed by atoms with E-state index in [-0.39, 0.29) is 43.2 Å². The van der Waals surface area contributed by atoms with Gasteiger partial charge in [0.1, 0.15) is 24.2 Å². The van der Waals surface area contributed by atoms with Crippen molar-refractivity contribution < 1.29 is 28.4 Å². The summed E-state index contributed by atoms with van der Waals surface area (Å²) in [5, 5.41) is 5.43. The summed E-state index contributed by atoms with van der Waals surface area (Å²) in [5.74, 6) is -0.998. The molecule has 200 valence electrons. The van der Waals surface area contributed by atoms with Crippen molar-refractivity contribution in [1.29, 1.82) is 0 Å². The second-order valence-electron chi connectivity index (χ2n) is 8.03. The average Bonchev–Trinajstić information content (AvgIpc) is 3.25. The lowest BCUT2D eigenvalue weighted by Crippen LogP contribution is -2.43. The third kappa shape index (κ3) is 7.70. The number of ether oxygens (including phenoxy) is 3. The molecule has 15 heteroatoms. The fourth-order valence-electron chi connectivity index (χ4n) is 3.29. The molecule has 37 heavy (non-hydrogen) atoms. The Balaban J connectivity index is 1.66. The summed E-state index contributed by atoms with van der Waals surface area (Å²) in [6.07, 6.45) is 1.04. The molecule has 0 aliphatic heterocycles. The van der Waals surface area contributed by atoms with E-state index in [2.05, 4.69) is 25.1 Å². The number of carbonyl (C=O) groups excluding carboxylic acids is 2. The highest BCUT2D eigenvalue weighted by molar-refractivity contribution is 7.59. The minimum atomic E-state index is -3.68. The topological polar surface area (TPSA) is 193 Å². The van der Waals surface area contributed by atoms with E-state index in [0.29, 0.717) is 5.75 Å². The molecule has 0 fully saturated rings. The molecule has 5 N–H and O–H groups in total. The van der Waals surface area contributed by atoms with Crippen LogP contribution in [0.25, 0.3) is 11.2 Å². The van der Waals surface area contributed by atoms with Gasteiger partial charge in [0.25, 0.3) is 5.56 Å². The summed E-state index contributed by atoms with van der Waals surface area (Å²) in [4.78, 5) is 47.1. The quantitative estimate of drug-likeness (QED) is 0.105. The van der Waals surface area contributed by atoms with E-state index in [1.807, 2.05) is 0 Å². The van der Waals surface area contributed by atoms with Crippen LogP contribution in [0.4, 0.5) is 5.95 Å². The first kappa shape index (κ1) is 28.0.